The average molecular weight is 296 g/mol. The van der Waals surface area contributed by atoms with Crippen molar-refractivity contribution in [2.24, 2.45) is 5.73 Å². The number of benzene rings is 1. The zero-order valence-electron chi connectivity index (χ0n) is 11.9. The van der Waals surface area contributed by atoms with Gasteiger partial charge in [0.25, 0.3) is 5.91 Å². The topological polar surface area (TPSA) is 58.4 Å². The summed E-state index contributed by atoms with van der Waals surface area (Å²) in [4.78, 5) is 14.0. The number of amides is 1. The Morgan fingerprint density at radius 2 is 2.35 bits per heavy atom. The van der Waals surface area contributed by atoms with E-state index in [0.717, 1.165) is 44.6 Å². The second kappa shape index (κ2) is 6.95. The van der Waals surface area contributed by atoms with Crippen LogP contribution in [0.5, 0.6) is 0 Å². The number of primary amides is 1. The van der Waals surface area contributed by atoms with Gasteiger partial charge in [0.05, 0.1) is 16.3 Å². The van der Waals surface area contributed by atoms with Gasteiger partial charge < -0.3 is 16.0 Å². The molecule has 0 saturated carbocycles. The van der Waals surface area contributed by atoms with Crippen molar-refractivity contribution < 1.29 is 4.79 Å². The normalized spacial score (nSPS) is 18.8. The van der Waals surface area contributed by atoms with Gasteiger partial charge in [0, 0.05) is 19.1 Å². The van der Waals surface area contributed by atoms with Crippen molar-refractivity contribution in [3.63, 3.8) is 0 Å². The first-order valence-corrected chi connectivity index (χ1v) is 7.58. The lowest BCUT2D eigenvalue weighted by Gasteiger charge is -2.37. The lowest BCUT2D eigenvalue weighted by Crippen LogP contribution is -2.47. The Balaban J connectivity index is 2.38. The first-order chi connectivity index (χ1) is 9.65. The summed E-state index contributed by atoms with van der Waals surface area (Å²) in [6.45, 7) is 5.03. The number of carbonyl (C=O) groups is 1. The van der Waals surface area contributed by atoms with E-state index in [4.69, 9.17) is 17.3 Å². The number of nitrogens with one attached hydrogen (secondary N) is 1. The fourth-order valence-electron chi connectivity index (χ4n) is 2.84. The highest BCUT2D eigenvalue weighted by atomic mass is 35.5. The Bertz CT molecular complexity index is 472. The number of anilines is 1. The van der Waals surface area contributed by atoms with Crippen LogP contribution in [0.1, 0.15) is 36.5 Å². The number of carbonyl (C=O) groups excluding carboxylic acids is 1. The molecule has 0 spiro atoms. The molecule has 1 aromatic rings. The van der Waals surface area contributed by atoms with Crippen LogP contribution in [0.4, 0.5) is 5.69 Å². The maximum Gasteiger partial charge on any atom is 0.252 e. The third kappa shape index (κ3) is 3.25. The van der Waals surface area contributed by atoms with Gasteiger partial charge in [-0.15, -0.1) is 0 Å². The predicted molar refractivity (Wildman–Crippen MR) is 83.5 cm³/mol. The first kappa shape index (κ1) is 15.1. The van der Waals surface area contributed by atoms with E-state index >= 15 is 0 Å². The third-order valence-electron chi connectivity index (χ3n) is 3.72. The molecule has 0 aromatic heterocycles. The van der Waals surface area contributed by atoms with Crippen molar-refractivity contribution in [3.8, 4) is 0 Å². The molecule has 2 rings (SSSR count). The van der Waals surface area contributed by atoms with Crippen LogP contribution in [0.3, 0.4) is 0 Å². The molecule has 1 aliphatic heterocycles. The molecule has 1 atom stereocenters. The van der Waals surface area contributed by atoms with Crippen molar-refractivity contribution in [2.75, 3.05) is 24.5 Å². The summed E-state index contributed by atoms with van der Waals surface area (Å²) in [6, 6.07) is 5.92. The molecule has 1 heterocycles. The van der Waals surface area contributed by atoms with Crippen LogP contribution < -0.4 is 16.0 Å². The summed E-state index contributed by atoms with van der Waals surface area (Å²) in [5.41, 5.74) is 6.81. The molecular weight excluding hydrogens is 274 g/mol. The maximum absolute atomic E-state index is 11.7. The SMILES string of the molecule is CCCN(c1cccc(Cl)c1C(N)=O)C1CCCNC1. The number of nitrogens with zero attached hydrogens (tertiary/aromatic N) is 1. The van der Waals surface area contributed by atoms with Gasteiger partial charge in [0.15, 0.2) is 0 Å². The molecular formula is C15H22ClN3O. The number of rotatable bonds is 5. The van der Waals surface area contributed by atoms with Crippen LogP contribution in [0.25, 0.3) is 0 Å². The number of nitrogens with two attached hydrogens (primary N) is 1. The second-order valence-electron chi connectivity index (χ2n) is 5.19. The lowest BCUT2D eigenvalue weighted by atomic mass is 10.0. The third-order valence-corrected chi connectivity index (χ3v) is 4.04. The molecule has 0 aliphatic carbocycles. The Morgan fingerprint density at radius 3 is 2.95 bits per heavy atom. The first-order valence-electron chi connectivity index (χ1n) is 7.20. The molecule has 1 aromatic carbocycles. The number of hydrogen-bond donors (Lipinski definition) is 2. The van der Waals surface area contributed by atoms with E-state index in [1.165, 1.54) is 0 Å². The molecule has 1 amide bonds. The Kier molecular flexibility index (Phi) is 5.26. The minimum absolute atomic E-state index is 0.389. The molecule has 4 nitrogen and oxygen atoms in total. The van der Waals surface area contributed by atoms with Gasteiger partial charge in [-0.2, -0.15) is 0 Å². The number of hydrogen-bond acceptors (Lipinski definition) is 3. The zero-order valence-corrected chi connectivity index (χ0v) is 12.6. The molecule has 110 valence electrons. The quantitative estimate of drug-likeness (QED) is 0.877. The van der Waals surface area contributed by atoms with Crippen LogP contribution in [0.2, 0.25) is 5.02 Å². The minimum atomic E-state index is -0.463. The summed E-state index contributed by atoms with van der Waals surface area (Å²) < 4.78 is 0. The van der Waals surface area contributed by atoms with Crippen LogP contribution >= 0.6 is 11.6 Å². The van der Waals surface area contributed by atoms with E-state index in [1.54, 1.807) is 6.07 Å². The summed E-state index contributed by atoms with van der Waals surface area (Å²) >= 11 is 6.16. The summed E-state index contributed by atoms with van der Waals surface area (Å²) in [7, 11) is 0. The highest BCUT2D eigenvalue weighted by Gasteiger charge is 2.24. The number of piperidine rings is 1. The van der Waals surface area contributed by atoms with Gasteiger partial charge in [-0.1, -0.05) is 24.6 Å². The summed E-state index contributed by atoms with van der Waals surface area (Å²) in [5, 5.41) is 3.85. The van der Waals surface area contributed by atoms with Crippen LogP contribution in [-0.2, 0) is 0 Å². The highest BCUT2D eigenvalue weighted by Crippen LogP contribution is 2.30. The molecule has 1 saturated heterocycles. The Morgan fingerprint density at radius 1 is 1.55 bits per heavy atom. The van der Waals surface area contributed by atoms with Gasteiger partial charge in [-0.25, -0.2) is 0 Å². The molecule has 20 heavy (non-hydrogen) atoms. The maximum atomic E-state index is 11.7. The molecule has 0 bridgehead atoms. The van der Waals surface area contributed by atoms with Crippen molar-refractivity contribution in [1.82, 2.24) is 5.32 Å². The van der Waals surface area contributed by atoms with E-state index in [0.29, 0.717) is 16.6 Å². The van der Waals surface area contributed by atoms with Crippen molar-refractivity contribution in [3.05, 3.63) is 28.8 Å². The minimum Gasteiger partial charge on any atom is -0.367 e. The van der Waals surface area contributed by atoms with E-state index in [9.17, 15) is 4.79 Å². The molecule has 5 heteroatoms. The lowest BCUT2D eigenvalue weighted by molar-refractivity contribution is 0.100. The van der Waals surface area contributed by atoms with Crippen LogP contribution in [0, 0.1) is 0 Å². The van der Waals surface area contributed by atoms with Crippen LogP contribution in [-0.4, -0.2) is 31.6 Å². The van der Waals surface area contributed by atoms with Crippen molar-refractivity contribution in [1.29, 1.82) is 0 Å². The molecule has 3 N–H and O–H groups in total. The Hall–Kier alpha value is -1.26. The van der Waals surface area contributed by atoms with E-state index < -0.39 is 5.91 Å². The van der Waals surface area contributed by atoms with E-state index in [-0.39, 0.29) is 0 Å². The van der Waals surface area contributed by atoms with Gasteiger partial charge >= 0.3 is 0 Å². The number of halogens is 1. The molecule has 1 unspecified atom stereocenters. The molecule has 0 radical (unpaired) electrons. The van der Waals surface area contributed by atoms with Gasteiger partial charge in [-0.05, 0) is 37.9 Å². The average Bonchev–Trinajstić information content (AvgIpc) is 2.45. The van der Waals surface area contributed by atoms with E-state index in [1.807, 2.05) is 12.1 Å². The van der Waals surface area contributed by atoms with Gasteiger partial charge in [0.2, 0.25) is 0 Å². The predicted octanol–water partition coefficient (Wildman–Crippen LogP) is 2.41. The van der Waals surface area contributed by atoms with Gasteiger partial charge in [0.1, 0.15) is 0 Å². The largest absolute Gasteiger partial charge is 0.367 e. The highest BCUT2D eigenvalue weighted by molar-refractivity contribution is 6.34. The molecule has 1 aliphatic rings. The smallest absolute Gasteiger partial charge is 0.252 e. The fraction of sp³-hybridized carbons (Fsp3) is 0.533. The summed E-state index contributed by atoms with van der Waals surface area (Å²) in [5.74, 6) is -0.463. The van der Waals surface area contributed by atoms with Crippen LogP contribution in [0.15, 0.2) is 18.2 Å². The second-order valence-corrected chi connectivity index (χ2v) is 5.60. The fourth-order valence-corrected chi connectivity index (χ4v) is 3.10. The zero-order chi connectivity index (χ0) is 14.5. The van der Waals surface area contributed by atoms with E-state index in [2.05, 4.69) is 17.1 Å². The monoisotopic (exact) mass is 295 g/mol. The Labute approximate surface area is 125 Å². The van der Waals surface area contributed by atoms with Gasteiger partial charge in [-0.3, -0.25) is 4.79 Å². The van der Waals surface area contributed by atoms with Crippen molar-refractivity contribution in [2.45, 2.75) is 32.2 Å². The standard InChI is InChI=1S/C15H22ClN3O/c1-2-9-19(11-5-4-8-18-10-11)13-7-3-6-12(16)14(13)15(17)20/h3,6-7,11,18H,2,4-5,8-10H2,1H3,(H2,17,20). The molecule has 1 fully saturated rings. The van der Waals surface area contributed by atoms with Crippen molar-refractivity contribution >= 4 is 23.2 Å². The summed E-state index contributed by atoms with van der Waals surface area (Å²) in [6.07, 6.45) is 3.29.